The van der Waals surface area contributed by atoms with Crippen LogP contribution in [0.2, 0.25) is 0 Å². The molecule has 0 aliphatic heterocycles. The number of hydrogen-bond acceptors (Lipinski definition) is 4. The first kappa shape index (κ1) is 17.2. The minimum atomic E-state index is -4.41. The highest BCUT2D eigenvalue weighted by Crippen LogP contribution is 2.30. The molecule has 0 bridgehead atoms. The van der Waals surface area contributed by atoms with Gasteiger partial charge in [-0.1, -0.05) is 6.07 Å². The van der Waals surface area contributed by atoms with Crippen molar-refractivity contribution in [1.82, 2.24) is 4.98 Å². The molecule has 3 aromatic rings. The Hall–Kier alpha value is -2.61. The van der Waals surface area contributed by atoms with Crippen LogP contribution in [-0.2, 0) is 11.0 Å². The van der Waals surface area contributed by atoms with Crippen molar-refractivity contribution in [1.29, 1.82) is 0 Å². The van der Waals surface area contributed by atoms with E-state index in [4.69, 9.17) is 0 Å². The maximum Gasteiger partial charge on any atom is 0.416 e. The van der Waals surface area contributed by atoms with E-state index in [1.165, 1.54) is 23.5 Å². The average Bonchev–Trinajstić information content (AvgIpc) is 2.92. The predicted molar refractivity (Wildman–Crippen MR) is 92.9 cm³/mol. The number of fused-ring (bicyclic) bond motifs is 1. The normalized spacial score (nSPS) is 11.5. The van der Waals surface area contributed by atoms with Crippen molar-refractivity contribution >= 4 is 38.8 Å². The van der Waals surface area contributed by atoms with Gasteiger partial charge < -0.3 is 10.6 Å². The van der Waals surface area contributed by atoms with Crippen molar-refractivity contribution in [3.63, 3.8) is 0 Å². The van der Waals surface area contributed by atoms with E-state index in [1.807, 2.05) is 19.1 Å². The van der Waals surface area contributed by atoms with Crippen LogP contribution in [0.4, 0.5) is 24.5 Å². The van der Waals surface area contributed by atoms with Crippen molar-refractivity contribution in [2.45, 2.75) is 13.1 Å². The third-order valence-corrected chi connectivity index (χ3v) is 4.36. The lowest BCUT2D eigenvalue weighted by Gasteiger charge is -2.11. The largest absolute Gasteiger partial charge is 0.416 e. The SMILES string of the molecule is Cc1nc2ccc(NC(=O)CNc3cccc(C(F)(F)F)c3)cc2s1. The molecule has 130 valence electrons. The molecule has 0 fully saturated rings. The molecule has 1 amide bonds. The molecule has 8 heteroatoms. The molecule has 0 radical (unpaired) electrons. The van der Waals surface area contributed by atoms with E-state index in [2.05, 4.69) is 15.6 Å². The number of halogens is 3. The van der Waals surface area contributed by atoms with Gasteiger partial charge in [0.2, 0.25) is 5.91 Å². The van der Waals surface area contributed by atoms with E-state index in [9.17, 15) is 18.0 Å². The van der Waals surface area contributed by atoms with Crippen molar-refractivity contribution in [2.24, 2.45) is 0 Å². The van der Waals surface area contributed by atoms with E-state index in [0.717, 1.165) is 27.4 Å². The zero-order valence-corrected chi connectivity index (χ0v) is 14.0. The number of carbonyl (C=O) groups excluding carboxylic acids is 1. The fourth-order valence-corrected chi connectivity index (χ4v) is 3.18. The second-order valence-electron chi connectivity index (χ2n) is 5.40. The van der Waals surface area contributed by atoms with Crippen molar-refractivity contribution < 1.29 is 18.0 Å². The van der Waals surface area contributed by atoms with Gasteiger partial charge in [-0.15, -0.1) is 11.3 Å². The Kier molecular flexibility index (Phi) is 4.63. The summed E-state index contributed by atoms with van der Waals surface area (Å²) in [4.78, 5) is 16.3. The van der Waals surface area contributed by atoms with Gasteiger partial charge in [-0.2, -0.15) is 13.2 Å². The molecule has 4 nitrogen and oxygen atoms in total. The molecule has 2 aromatic carbocycles. The lowest BCUT2D eigenvalue weighted by atomic mass is 10.2. The van der Waals surface area contributed by atoms with Crippen molar-refractivity contribution in [2.75, 3.05) is 17.2 Å². The minimum Gasteiger partial charge on any atom is -0.376 e. The van der Waals surface area contributed by atoms with Crippen LogP contribution in [0.3, 0.4) is 0 Å². The maximum absolute atomic E-state index is 12.7. The number of benzene rings is 2. The highest BCUT2D eigenvalue weighted by atomic mass is 32.1. The Morgan fingerprint density at radius 2 is 1.96 bits per heavy atom. The zero-order valence-electron chi connectivity index (χ0n) is 13.1. The molecule has 0 unspecified atom stereocenters. The van der Waals surface area contributed by atoms with Gasteiger partial charge in [0.05, 0.1) is 27.3 Å². The number of aryl methyl sites for hydroxylation is 1. The molecular weight excluding hydrogens is 351 g/mol. The summed E-state index contributed by atoms with van der Waals surface area (Å²) < 4.78 is 39.0. The summed E-state index contributed by atoms with van der Waals surface area (Å²) in [5.74, 6) is -0.349. The van der Waals surface area contributed by atoms with Crippen molar-refractivity contribution in [3.05, 3.63) is 53.0 Å². The van der Waals surface area contributed by atoms with Crippen LogP contribution in [0.1, 0.15) is 10.6 Å². The molecule has 0 spiro atoms. The van der Waals surface area contributed by atoms with Gasteiger partial charge >= 0.3 is 6.18 Å². The number of nitrogens with one attached hydrogen (secondary N) is 2. The fourth-order valence-electron chi connectivity index (χ4n) is 2.31. The van der Waals surface area contributed by atoms with Crippen molar-refractivity contribution in [3.8, 4) is 0 Å². The van der Waals surface area contributed by atoms with Gasteiger partial charge in [0, 0.05) is 11.4 Å². The van der Waals surface area contributed by atoms with Crippen LogP contribution < -0.4 is 10.6 Å². The van der Waals surface area contributed by atoms with E-state index in [1.54, 1.807) is 6.07 Å². The first-order chi connectivity index (χ1) is 11.8. The number of alkyl halides is 3. The smallest absolute Gasteiger partial charge is 0.376 e. The van der Waals surface area contributed by atoms with Crippen LogP contribution >= 0.6 is 11.3 Å². The molecule has 1 heterocycles. The molecule has 0 saturated heterocycles. The van der Waals surface area contributed by atoms with Crippen LogP contribution in [0.15, 0.2) is 42.5 Å². The standard InChI is InChI=1S/C17H14F3N3OS/c1-10-22-14-6-5-13(8-15(14)25-10)23-16(24)9-21-12-4-2-3-11(7-12)17(18,19)20/h2-8,21H,9H2,1H3,(H,23,24). The Balaban J connectivity index is 1.62. The molecule has 2 N–H and O–H groups in total. The highest BCUT2D eigenvalue weighted by molar-refractivity contribution is 7.18. The van der Waals surface area contributed by atoms with Crippen LogP contribution in [0.25, 0.3) is 10.2 Å². The second-order valence-corrected chi connectivity index (χ2v) is 6.63. The van der Waals surface area contributed by atoms with Gasteiger partial charge in [-0.25, -0.2) is 4.98 Å². The Labute approximate surface area is 145 Å². The number of nitrogens with zero attached hydrogens (tertiary/aromatic N) is 1. The fraction of sp³-hybridized carbons (Fsp3) is 0.176. The number of carbonyl (C=O) groups is 1. The Bertz CT molecular complexity index is 921. The third-order valence-electron chi connectivity index (χ3n) is 3.42. The van der Waals surface area contributed by atoms with Gasteiger partial charge in [-0.3, -0.25) is 4.79 Å². The summed E-state index contributed by atoms with van der Waals surface area (Å²) in [6.45, 7) is 1.77. The molecule has 0 aliphatic rings. The highest BCUT2D eigenvalue weighted by Gasteiger charge is 2.30. The summed E-state index contributed by atoms with van der Waals surface area (Å²) >= 11 is 1.52. The van der Waals surface area contributed by atoms with Gasteiger partial charge in [0.25, 0.3) is 0 Å². The molecule has 0 atom stereocenters. The number of amides is 1. The third kappa shape index (κ3) is 4.27. The molecule has 25 heavy (non-hydrogen) atoms. The van der Waals surface area contributed by atoms with Gasteiger partial charge in [-0.05, 0) is 43.3 Å². The molecule has 1 aromatic heterocycles. The number of hydrogen-bond donors (Lipinski definition) is 2. The predicted octanol–water partition coefficient (Wildman–Crippen LogP) is 4.67. The second kappa shape index (κ2) is 6.72. The minimum absolute atomic E-state index is 0.138. The topological polar surface area (TPSA) is 54.0 Å². The number of rotatable bonds is 4. The van der Waals surface area contributed by atoms with Crippen LogP contribution in [-0.4, -0.2) is 17.4 Å². The lowest BCUT2D eigenvalue weighted by molar-refractivity contribution is -0.137. The Morgan fingerprint density at radius 1 is 1.16 bits per heavy atom. The molecule has 0 aliphatic carbocycles. The monoisotopic (exact) mass is 365 g/mol. The lowest BCUT2D eigenvalue weighted by Crippen LogP contribution is -2.21. The van der Waals surface area contributed by atoms with E-state index in [0.29, 0.717) is 5.69 Å². The van der Waals surface area contributed by atoms with Gasteiger partial charge in [0.15, 0.2) is 0 Å². The first-order valence-corrected chi connectivity index (χ1v) is 8.21. The zero-order chi connectivity index (χ0) is 18.0. The van der Waals surface area contributed by atoms with Crippen LogP contribution in [0.5, 0.6) is 0 Å². The number of thiazole rings is 1. The van der Waals surface area contributed by atoms with Crippen LogP contribution in [0, 0.1) is 6.92 Å². The summed E-state index contributed by atoms with van der Waals surface area (Å²) in [7, 11) is 0. The quantitative estimate of drug-likeness (QED) is 0.706. The summed E-state index contributed by atoms with van der Waals surface area (Å²) in [6, 6.07) is 10.1. The summed E-state index contributed by atoms with van der Waals surface area (Å²) in [5.41, 5.74) is 0.956. The van der Waals surface area contributed by atoms with E-state index in [-0.39, 0.29) is 18.1 Å². The molecule has 3 rings (SSSR count). The molecular formula is C17H14F3N3OS. The summed E-state index contributed by atoms with van der Waals surface area (Å²) in [5, 5.41) is 6.35. The first-order valence-electron chi connectivity index (χ1n) is 7.39. The summed E-state index contributed by atoms with van der Waals surface area (Å²) in [6.07, 6.45) is -4.41. The van der Waals surface area contributed by atoms with E-state index < -0.39 is 11.7 Å². The van der Waals surface area contributed by atoms with E-state index >= 15 is 0 Å². The average molecular weight is 365 g/mol. The number of aromatic nitrogens is 1. The molecule has 0 saturated carbocycles. The maximum atomic E-state index is 12.7. The Morgan fingerprint density at radius 3 is 2.72 bits per heavy atom. The number of anilines is 2. The van der Waals surface area contributed by atoms with Gasteiger partial charge in [0.1, 0.15) is 0 Å².